The first-order valence-corrected chi connectivity index (χ1v) is 4.74. The Morgan fingerprint density at radius 2 is 2.25 bits per heavy atom. The molecule has 1 rings (SSSR count). The minimum atomic E-state index is 0.264. The van der Waals surface area contributed by atoms with Gasteiger partial charge in [0.25, 0.3) is 0 Å². The van der Waals surface area contributed by atoms with E-state index in [9.17, 15) is 4.79 Å². The van der Waals surface area contributed by atoms with Crippen LogP contribution < -0.4 is 0 Å². The number of carbonyl (C=O) groups is 1. The Bertz CT molecular complexity index is 205. The van der Waals surface area contributed by atoms with Crippen LogP contribution in [0.4, 0.5) is 0 Å². The van der Waals surface area contributed by atoms with Crippen molar-refractivity contribution in [3.63, 3.8) is 0 Å². The standard InChI is InChI=1S/C11H18O/c1-4-6-11(3)7-5-10(12)9(2)8-11/h4,6,9H,5,7-8H2,1-3H3/b6-4+/t9-,11-/m0/s1. The summed E-state index contributed by atoms with van der Waals surface area (Å²) in [6.07, 6.45) is 7.16. The molecule has 0 aromatic carbocycles. The summed E-state index contributed by atoms with van der Waals surface area (Å²) in [6.45, 7) is 6.34. The van der Waals surface area contributed by atoms with Crippen molar-refractivity contribution in [2.24, 2.45) is 11.3 Å². The minimum Gasteiger partial charge on any atom is -0.299 e. The molecular weight excluding hydrogens is 148 g/mol. The zero-order valence-electron chi connectivity index (χ0n) is 8.26. The molecule has 0 bridgehead atoms. The van der Waals surface area contributed by atoms with Gasteiger partial charge >= 0.3 is 0 Å². The quantitative estimate of drug-likeness (QED) is 0.547. The molecule has 0 aromatic rings. The van der Waals surface area contributed by atoms with Crippen molar-refractivity contribution in [1.29, 1.82) is 0 Å². The highest BCUT2D eigenvalue weighted by Crippen LogP contribution is 2.38. The first-order chi connectivity index (χ1) is 5.57. The van der Waals surface area contributed by atoms with Gasteiger partial charge in [-0.1, -0.05) is 26.0 Å². The molecule has 0 amide bonds. The molecule has 0 aliphatic heterocycles. The Labute approximate surface area is 74.9 Å². The van der Waals surface area contributed by atoms with Gasteiger partial charge in [0.2, 0.25) is 0 Å². The van der Waals surface area contributed by atoms with Crippen molar-refractivity contribution < 1.29 is 4.79 Å². The van der Waals surface area contributed by atoms with Gasteiger partial charge in [-0.25, -0.2) is 0 Å². The van der Waals surface area contributed by atoms with Gasteiger partial charge in [-0.05, 0) is 25.2 Å². The van der Waals surface area contributed by atoms with Crippen LogP contribution >= 0.6 is 0 Å². The van der Waals surface area contributed by atoms with Gasteiger partial charge in [-0.15, -0.1) is 0 Å². The third-order valence-electron chi connectivity index (χ3n) is 2.83. The van der Waals surface area contributed by atoms with Crippen molar-refractivity contribution >= 4 is 5.78 Å². The van der Waals surface area contributed by atoms with E-state index < -0.39 is 0 Å². The molecule has 68 valence electrons. The van der Waals surface area contributed by atoms with Crippen molar-refractivity contribution in [3.05, 3.63) is 12.2 Å². The Morgan fingerprint density at radius 3 is 2.75 bits per heavy atom. The minimum absolute atomic E-state index is 0.264. The van der Waals surface area contributed by atoms with Gasteiger partial charge in [0.15, 0.2) is 0 Å². The van der Waals surface area contributed by atoms with E-state index >= 15 is 0 Å². The fraction of sp³-hybridized carbons (Fsp3) is 0.727. The van der Waals surface area contributed by atoms with E-state index in [4.69, 9.17) is 0 Å². The van der Waals surface area contributed by atoms with Gasteiger partial charge in [-0.2, -0.15) is 0 Å². The normalized spacial score (nSPS) is 37.6. The first-order valence-electron chi connectivity index (χ1n) is 4.74. The van der Waals surface area contributed by atoms with Crippen LogP contribution in [0.25, 0.3) is 0 Å². The molecule has 0 spiro atoms. The average Bonchev–Trinajstić information content (AvgIpc) is 1.98. The highest BCUT2D eigenvalue weighted by Gasteiger charge is 2.32. The van der Waals surface area contributed by atoms with E-state index in [1.54, 1.807) is 0 Å². The van der Waals surface area contributed by atoms with Crippen LogP contribution in [-0.4, -0.2) is 5.78 Å². The Balaban J connectivity index is 2.66. The lowest BCUT2D eigenvalue weighted by molar-refractivity contribution is -0.125. The fourth-order valence-corrected chi connectivity index (χ4v) is 2.12. The molecule has 0 aromatic heterocycles. The van der Waals surface area contributed by atoms with Crippen LogP contribution in [0, 0.1) is 11.3 Å². The van der Waals surface area contributed by atoms with Crippen LogP contribution in [0.2, 0.25) is 0 Å². The molecule has 1 nitrogen and oxygen atoms in total. The van der Waals surface area contributed by atoms with Gasteiger partial charge in [0.1, 0.15) is 5.78 Å². The van der Waals surface area contributed by atoms with Crippen molar-refractivity contribution in [1.82, 2.24) is 0 Å². The Kier molecular flexibility index (Phi) is 2.71. The van der Waals surface area contributed by atoms with E-state index in [-0.39, 0.29) is 11.3 Å². The number of rotatable bonds is 1. The van der Waals surface area contributed by atoms with Gasteiger partial charge in [0, 0.05) is 12.3 Å². The van der Waals surface area contributed by atoms with Crippen molar-refractivity contribution in [3.8, 4) is 0 Å². The summed E-state index contributed by atoms with van der Waals surface area (Å²) in [7, 11) is 0. The summed E-state index contributed by atoms with van der Waals surface area (Å²) in [5, 5.41) is 0. The molecule has 1 heteroatoms. The van der Waals surface area contributed by atoms with Crippen LogP contribution in [0.15, 0.2) is 12.2 Å². The largest absolute Gasteiger partial charge is 0.299 e. The maximum Gasteiger partial charge on any atom is 0.135 e. The highest BCUT2D eigenvalue weighted by molar-refractivity contribution is 5.81. The molecule has 0 heterocycles. The highest BCUT2D eigenvalue weighted by atomic mass is 16.1. The molecule has 0 radical (unpaired) electrons. The monoisotopic (exact) mass is 166 g/mol. The molecule has 0 saturated heterocycles. The molecule has 0 N–H and O–H groups in total. The van der Waals surface area contributed by atoms with Crippen LogP contribution in [0.1, 0.15) is 40.0 Å². The second kappa shape index (κ2) is 3.42. The Hall–Kier alpha value is -0.590. The van der Waals surface area contributed by atoms with Crippen LogP contribution in [-0.2, 0) is 4.79 Å². The number of hydrogen-bond donors (Lipinski definition) is 0. The van der Waals surface area contributed by atoms with E-state index in [1.165, 1.54) is 0 Å². The number of carbonyl (C=O) groups excluding carboxylic acids is 1. The topological polar surface area (TPSA) is 17.1 Å². The third kappa shape index (κ3) is 1.96. The molecule has 2 atom stereocenters. The molecule has 1 fully saturated rings. The summed E-state index contributed by atoms with van der Waals surface area (Å²) < 4.78 is 0. The molecule has 12 heavy (non-hydrogen) atoms. The summed E-state index contributed by atoms with van der Waals surface area (Å²) in [5.74, 6) is 0.705. The van der Waals surface area contributed by atoms with E-state index in [0.717, 1.165) is 19.3 Å². The number of Topliss-reactive ketones (excluding diaryl/α,β-unsaturated/α-hetero) is 1. The summed E-state index contributed by atoms with van der Waals surface area (Å²) in [6, 6.07) is 0. The van der Waals surface area contributed by atoms with Crippen molar-refractivity contribution in [2.45, 2.75) is 40.0 Å². The van der Waals surface area contributed by atoms with E-state index in [0.29, 0.717) is 5.78 Å². The molecule has 1 aliphatic carbocycles. The zero-order chi connectivity index (χ0) is 9.19. The Morgan fingerprint density at radius 1 is 1.58 bits per heavy atom. The second-order valence-corrected chi connectivity index (χ2v) is 4.23. The second-order valence-electron chi connectivity index (χ2n) is 4.23. The third-order valence-corrected chi connectivity index (χ3v) is 2.83. The fourth-order valence-electron chi connectivity index (χ4n) is 2.12. The lowest BCUT2D eigenvalue weighted by atomic mass is 9.71. The zero-order valence-corrected chi connectivity index (χ0v) is 8.26. The van der Waals surface area contributed by atoms with E-state index in [2.05, 4.69) is 19.1 Å². The first kappa shape index (κ1) is 9.50. The number of ketones is 1. The summed E-state index contributed by atoms with van der Waals surface area (Å²) in [5.41, 5.74) is 0.280. The van der Waals surface area contributed by atoms with Crippen LogP contribution in [0.3, 0.4) is 0 Å². The van der Waals surface area contributed by atoms with Crippen LogP contribution in [0.5, 0.6) is 0 Å². The van der Waals surface area contributed by atoms with Gasteiger partial charge < -0.3 is 0 Å². The smallest absolute Gasteiger partial charge is 0.135 e. The molecule has 1 saturated carbocycles. The van der Waals surface area contributed by atoms with Gasteiger partial charge in [-0.3, -0.25) is 4.79 Å². The maximum absolute atomic E-state index is 11.3. The summed E-state index contributed by atoms with van der Waals surface area (Å²) in [4.78, 5) is 11.3. The maximum atomic E-state index is 11.3. The van der Waals surface area contributed by atoms with Gasteiger partial charge in [0.05, 0.1) is 0 Å². The predicted molar refractivity (Wildman–Crippen MR) is 50.9 cm³/mol. The van der Waals surface area contributed by atoms with Crippen molar-refractivity contribution in [2.75, 3.05) is 0 Å². The lowest BCUT2D eigenvalue weighted by Crippen LogP contribution is -2.28. The summed E-state index contributed by atoms with van der Waals surface area (Å²) >= 11 is 0. The number of hydrogen-bond acceptors (Lipinski definition) is 1. The number of allylic oxidation sites excluding steroid dienone is 2. The molecular formula is C11H18O. The molecule has 0 unspecified atom stereocenters. The SMILES string of the molecule is C/C=C/[C@@]1(C)CCC(=O)[C@@H](C)C1. The average molecular weight is 166 g/mol. The molecule has 1 aliphatic rings. The lowest BCUT2D eigenvalue weighted by Gasteiger charge is -2.33. The predicted octanol–water partition coefficient (Wildman–Crippen LogP) is 2.96. The van der Waals surface area contributed by atoms with E-state index in [1.807, 2.05) is 13.8 Å².